The third-order valence-corrected chi connectivity index (χ3v) is 6.30. The smallest absolute Gasteiger partial charge is 0.123 e. The van der Waals surface area contributed by atoms with Crippen molar-refractivity contribution >= 4 is 21.5 Å². The topological polar surface area (TPSA) is 29.5 Å². The van der Waals surface area contributed by atoms with Gasteiger partial charge in [0, 0.05) is 11.5 Å². The highest BCUT2D eigenvalue weighted by atomic mass is 16.5. The molecule has 4 aromatic carbocycles. The number of benzene rings is 4. The predicted octanol–water partition coefficient (Wildman–Crippen LogP) is 6.59. The fraction of sp³-hybridized carbons (Fsp3) is 0.259. The van der Waals surface area contributed by atoms with Crippen molar-refractivity contribution < 1.29 is 9.84 Å². The Morgan fingerprint density at radius 1 is 0.759 bits per heavy atom. The first-order valence-electron chi connectivity index (χ1n) is 10.6. The molecule has 2 atom stereocenters. The lowest BCUT2D eigenvalue weighted by atomic mass is 9.81. The van der Waals surface area contributed by atoms with Gasteiger partial charge in [-0.15, -0.1) is 0 Å². The minimum absolute atomic E-state index is 0.171. The van der Waals surface area contributed by atoms with E-state index in [1.807, 2.05) is 12.1 Å². The average molecular weight is 383 g/mol. The first-order chi connectivity index (χ1) is 14.3. The van der Waals surface area contributed by atoms with Crippen LogP contribution in [0, 0.1) is 0 Å². The summed E-state index contributed by atoms with van der Waals surface area (Å²) >= 11 is 0. The van der Waals surface area contributed by atoms with Crippen molar-refractivity contribution in [1.82, 2.24) is 0 Å². The molecule has 1 saturated carbocycles. The quantitative estimate of drug-likeness (QED) is 0.403. The van der Waals surface area contributed by atoms with Crippen LogP contribution in [0.15, 0.2) is 78.9 Å². The summed E-state index contributed by atoms with van der Waals surface area (Å²) in [6.45, 7) is 0.516. The monoisotopic (exact) mass is 382 g/mol. The minimum atomic E-state index is -0.271. The molecule has 0 radical (unpaired) electrons. The first kappa shape index (κ1) is 18.2. The second-order valence-corrected chi connectivity index (χ2v) is 8.08. The van der Waals surface area contributed by atoms with Crippen LogP contribution < -0.4 is 4.74 Å². The largest absolute Gasteiger partial charge is 0.489 e. The Morgan fingerprint density at radius 2 is 1.38 bits per heavy atom. The number of hydrogen-bond acceptors (Lipinski definition) is 2. The summed E-state index contributed by atoms with van der Waals surface area (Å²) in [6.07, 6.45) is 3.92. The number of aliphatic hydroxyl groups is 1. The molecule has 0 heterocycles. The van der Waals surface area contributed by atoms with Crippen molar-refractivity contribution in [3.63, 3.8) is 0 Å². The molecule has 146 valence electrons. The zero-order chi connectivity index (χ0) is 19.6. The van der Waals surface area contributed by atoms with Crippen LogP contribution in [0.3, 0.4) is 0 Å². The van der Waals surface area contributed by atoms with Gasteiger partial charge in [0.1, 0.15) is 12.4 Å². The second-order valence-electron chi connectivity index (χ2n) is 8.08. The zero-order valence-electron chi connectivity index (χ0n) is 16.6. The number of para-hydroxylation sites is 1. The van der Waals surface area contributed by atoms with Crippen LogP contribution in [0.4, 0.5) is 0 Å². The highest BCUT2D eigenvalue weighted by molar-refractivity contribution is 6.02. The summed E-state index contributed by atoms with van der Waals surface area (Å²) in [6, 6.07) is 27.5. The van der Waals surface area contributed by atoms with Gasteiger partial charge in [0.2, 0.25) is 0 Å². The third-order valence-electron chi connectivity index (χ3n) is 6.30. The SMILES string of the molecule is O[C@H]1CCCC[C@@H]1c1ccccc1OCc1c2ccccc2cc2ccccc12. The van der Waals surface area contributed by atoms with Gasteiger partial charge in [-0.25, -0.2) is 0 Å². The lowest BCUT2D eigenvalue weighted by Gasteiger charge is -2.29. The molecule has 0 spiro atoms. The van der Waals surface area contributed by atoms with Gasteiger partial charge in [-0.2, -0.15) is 0 Å². The van der Waals surface area contributed by atoms with E-state index in [2.05, 4.69) is 66.7 Å². The number of ether oxygens (including phenoxy) is 1. The summed E-state index contributed by atoms with van der Waals surface area (Å²) in [4.78, 5) is 0. The maximum absolute atomic E-state index is 10.6. The molecule has 0 aromatic heterocycles. The first-order valence-corrected chi connectivity index (χ1v) is 10.6. The van der Waals surface area contributed by atoms with Gasteiger partial charge in [-0.05, 0) is 52.1 Å². The van der Waals surface area contributed by atoms with Crippen LogP contribution in [-0.2, 0) is 6.61 Å². The molecule has 5 rings (SSSR count). The van der Waals surface area contributed by atoms with E-state index in [9.17, 15) is 5.11 Å². The molecule has 0 unspecified atom stereocenters. The van der Waals surface area contributed by atoms with Crippen molar-refractivity contribution in [3.8, 4) is 5.75 Å². The number of hydrogen-bond donors (Lipinski definition) is 1. The van der Waals surface area contributed by atoms with Gasteiger partial charge in [0.15, 0.2) is 0 Å². The zero-order valence-corrected chi connectivity index (χ0v) is 16.6. The lowest BCUT2D eigenvalue weighted by Crippen LogP contribution is -2.23. The Hall–Kier alpha value is -2.84. The molecule has 1 fully saturated rings. The summed E-state index contributed by atoms with van der Waals surface area (Å²) in [5.74, 6) is 1.07. The number of rotatable bonds is 4. The van der Waals surface area contributed by atoms with E-state index in [4.69, 9.17) is 4.74 Å². The number of aliphatic hydroxyl groups excluding tert-OH is 1. The van der Waals surface area contributed by atoms with Crippen LogP contribution in [0.25, 0.3) is 21.5 Å². The highest BCUT2D eigenvalue weighted by Gasteiger charge is 2.27. The molecule has 1 aliphatic carbocycles. The van der Waals surface area contributed by atoms with Crippen LogP contribution >= 0.6 is 0 Å². The minimum Gasteiger partial charge on any atom is -0.489 e. The normalized spacial score (nSPS) is 19.5. The predicted molar refractivity (Wildman–Crippen MR) is 119 cm³/mol. The Labute approximate surface area is 171 Å². The molecular formula is C27H26O2. The van der Waals surface area contributed by atoms with Crippen molar-refractivity contribution in [1.29, 1.82) is 0 Å². The van der Waals surface area contributed by atoms with E-state index >= 15 is 0 Å². The standard InChI is InChI=1S/C27H26O2/c28-26-15-7-5-13-23(26)24-14-6-8-16-27(24)29-18-25-21-11-3-1-9-19(21)17-20-10-2-4-12-22(20)25/h1-4,6,8-12,14,16-17,23,26,28H,5,7,13,15,18H2/t23-,26+/m1/s1. The fourth-order valence-corrected chi connectivity index (χ4v) is 4.81. The molecule has 2 nitrogen and oxygen atoms in total. The van der Waals surface area contributed by atoms with E-state index in [-0.39, 0.29) is 12.0 Å². The van der Waals surface area contributed by atoms with Gasteiger partial charge in [-0.3, -0.25) is 0 Å². The molecule has 0 saturated heterocycles. The Balaban J connectivity index is 1.53. The fourth-order valence-electron chi connectivity index (χ4n) is 4.81. The number of fused-ring (bicyclic) bond motifs is 2. The average Bonchev–Trinajstić information content (AvgIpc) is 2.77. The maximum atomic E-state index is 10.6. The third kappa shape index (κ3) is 3.49. The van der Waals surface area contributed by atoms with Crippen LogP contribution in [0.1, 0.15) is 42.7 Å². The van der Waals surface area contributed by atoms with E-state index in [1.165, 1.54) is 33.5 Å². The van der Waals surface area contributed by atoms with Crippen molar-refractivity contribution in [2.45, 2.75) is 44.3 Å². The molecule has 0 aliphatic heterocycles. The van der Waals surface area contributed by atoms with Gasteiger partial charge in [-0.1, -0.05) is 79.6 Å². The van der Waals surface area contributed by atoms with Gasteiger partial charge in [0.25, 0.3) is 0 Å². The van der Waals surface area contributed by atoms with Gasteiger partial charge >= 0.3 is 0 Å². The van der Waals surface area contributed by atoms with Crippen molar-refractivity contribution in [3.05, 3.63) is 90.0 Å². The van der Waals surface area contributed by atoms with Crippen LogP contribution in [0.5, 0.6) is 5.75 Å². The Morgan fingerprint density at radius 3 is 2.10 bits per heavy atom. The summed E-state index contributed by atoms with van der Waals surface area (Å²) in [5.41, 5.74) is 2.36. The van der Waals surface area contributed by atoms with E-state index < -0.39 is 0 Å². The molecule has 1 N–H and O–H groups in total. The van der Waals surface area contributed by atoms with E-state index in [1.54, 1.807) is 0 Å². The van der Waals surface area contributed by atoms with E-state index in [0.29, 0.717) is 6.61 Å². The van der Waals surface area contributed by atoms with Crippen LogP contribution in [0.2, 0.25) is 0 Å². The Bertz CT molecular complexity index is 1090. The molecular weight excluding hydrogens is 356 g/mol. The maximum Gasteiger partial charge on any atom is 0.123 e. The van der Waals surface area contributed by atoms with Gasteiger partial charge < -0.3 is 9.84 Å². The van der Waals surface area contributed by atoms with Crippen molar-refractivity contribution in [2.24, 2.45) is 0 Å². The van der Waals surface area contributed by atoms with Crippen LogP contribution in [-0.4, -0.2) is 11.2 Å². The lowest BCUT2D eigenvalue weighted by molar-refractivity contribution is 0.104. The second kappa shape index (κ2) is 7.88. The summed E-state index contributed by atoms with van der Waals surface area (Å²) in [5, 5.41) is 15.5. The molecule has 4 aromatic rings. The molecule has 2 heteroatoms. The molecule has 0 amide bonds. The molecule has 29 heavy (non-hydrogen) atoms. The molecule has 0 bridgehead atoms. The Kier molecular flexibility index (Phi) is 4.95. The molecule has 1 aliphatic rings. The van der Waals surface area contributed by atoms with Gasteiger partial charge in [0.05, 0.1) is 6.10 Å². The van der Waals surface area contributed by atoms with E-state index in [0.717, 1.165) is 30.6 Å². The summed E-state index contributed by atoms with van der Waals surface area (Å²) in [7, 11) is 0. The summed E-state index contributed by atoms with van der Waals surface area (Å²) < 4.78 is 6.43. The highest BCUT2D eigenvalue weighted by Crippen LogP contribution is 2.38. The van der Waals surface area contributed by atoms with Crippen molar-refractivity contribution in [2.75, 3.05) is 0 Å².